The first-order valence-corrected chi connectivity index (χ1v) is 6.16. The summed E-state index contributed by atoms with van der Waals surface area (Å²) in [5.74, 6) is -0.208. The van der Waals surface area contributed by atoms with Gasteiger partial charge in [-0.05, 0) is 19.1 Å². The maximum absolute atomic E-state index is 11.9. The minimum Gasteiger partial charge on any atom is -0.464 e. The zero-order valence-electron chi connectivity index (χ0n) is 11.2. The second kappa shape index (κ2) is 7.71. The average molecular weight is 251 g/mol. The topological polar surface area (TPSA) is 47.6 Å². The summed E-state index contributed by atoms with van der Waals surface area (Å²) in [5.41, 5.74) is 0.901. The Kier molecular flexibility index (Phi) is 6.22. The molecule has 0 spiro atoms. The molecular weight excluding hydrogens is 230 g/mol. The van der Waals surface area contributed by atoms with Gasteiger partial charge in [0.25, 0.3) is 0 Å². The lowest BCUT2D eigenvalue weighted by molar-refractivity contribution is -0.145. The second-order valence-corrected chi connectivity index (χ2v) is 4.17. The van der Waals surface area contributed by atoms with Crippen molar-refractivity contribution in [3.8, 4) is 0 Å². The molecule has 0 aliphatic carbocycles. The van der Waals surface area contributed by atoms with Crippen molar-refractivity contribution < 1.29 is 14.3 Å². The van der Waals surface area contributed by atoms with Crippen LogP contribution >= 0.6 is 0 Å². The van der Waals surface area contributed by atoms with Crippen LogP contribution in [-0.2, 0) is 14.3 Å². The van der Waals surface area contributed by atoms with Crippen LogP contribution in [0.15, 0.2) is 30.3 Å². The predicted octanol–water partition coefficient (Wildman–Crippen LogP) is 2.31. The summed E-state index contributed by atoms with van der Waals surface area (Å²) in [6.07, 6.45) is 0. The van der Waals surface area contributed by atoms with E-state index >= 15 is 0 Å². The van der Waals surface area contributed by atoms with Crippen LogP contribution in [0.25, 0.3) is 0 Å². The molecule has 0 heterocycles. The van der Waals surface area contributed by atoms with Gasteiger partial charge in [-0.15, -0.1) is 0 Å². The van der Waals surface area contributed by atoms with Crippen molar-refractivity contribution in [2.45, 2.75) is 19.9 Å². The lowest BCUT2D eigenvalue weighted by Gasteiger charge is -2.23. The Labute approximate surface area is 108 Å². The number of para-hydroxylation sites is 1. The van der Waals surface area contributed by atoms with Crippen molar-refractivity contribution in [2.24, 2.45) is 5.92 Å². The maximum Gasteiger partial charge on any atom is 0.328 e. The molecule has 0 aromatic heterocycles. The van der Waals surface area contributed by atoms with Crippen LogP contribution in [0.1, 0.15) is 13.8 Å². The van der Waals surface area contributed by atoms with Crippen LogP contribution < -0.4 is 5.32 Å². The molecule has 100 valence electrons. The summed E-state index contributed by atoms with van der Waals surface area (Å²) in [6, 6.07) is 9.23. The Balaban J connectivity index is 2.74. The fourth-order valence-corrected chi connectivity index (χ4v) is 1.74. The van der Waals surface area contributed by atoms with Gasteiger partial charge in [0.05, 0.1) is 13.2 Å². The number of anilines is 1. The van der Waals surface area contributed by atoms with Crippen LogP contribution in [0.3, 0.4) is 0 Å². The van der Waals surface area contributed by atoms with Crippen molar-refractivity contribution in [3.05, 3.63) is 30.3 Å². The van der Waals surface area contributed by atoms with Crippen LogP contribution in [0.4, 0.5) is 5.69 Å². The Bertz CT molecular complexity index is 353. The molecule has 0 bridgehead atoms. The van der Waals surface area contributed by atoms with E-state index in [0.29, 0.717) is 13.2 Å². The first-order valence-electron chi connectivity index (χ1n) is 6.16. The van der Waals surface area contributed by atoms with Crippen molar-refractivity contribution in [1.82, 2.24) is 0 Å². The number of rotatable bonds is 7. The zero-order valence-corrected chi connectivity index (χ0v) is 11.2. The molecule has 1 aromatic carbocycles. The van der Waals surface area contributed by atoms with Crippen LogP contribution in [0.5, 0.6) is 0 Å². The Morgan fingerprint density at radius 1 is 1.33 bits per heavy atom. The van der Waals surface area contributed by atoms with E-state index in [1.807, 2.05) is 37.3 Å². The first-order chi connectivity index (χ1) is 8.69. The number of nitrogens with one attached hydrogen (secondary N) is 1. The van der Waals surface area contributed by atoms with Crippen LogP contribution in [-0.4, -0.2) is 32.3 Å². The van der Waals surface area contributed by atoms with Gasteiger partial charge in [0.15, 0.2) is 0 Å². The van der Waals surface area contributed by atoms with Gasteiger partial charge in [0.2, 0.25) is 0 Å². The Morgan fingerprint density at radius 2 is 2.00 bits per heavy atom. The summed E-state index contributed by atoms with van der Waals surface area (Å²) in [6.45, 7) is 4.65. The summed E-state index contributed by atoms with van der Waals surface area (Å²) >= 11 is 0. The molecule has 4 heteroatoms. The monoisotopic (exact) mass is 251 g/mol. The number of benzene rings is 1. The number of carbonyl (C=O) groups is 1. The largest absolute Gasteiger partial charge is 0.464 e. The van der Waals surface area contributed by atoms with E-state index in [2.05, 4.69) is 5.32 Å². The molecule has 0 aliphatic rings. The molecule has 0 saturated heterocycles. The number of hydrogen-bond acceptors (Lipinski definition) is 4. The number of ether oxygens (including phenoxy) is 2. The molecular formula is C14H21NO3. The van der Waals surface area contributed by atoms with Gasteiger partial charge in [0, 0.05) is 18.7 Å². The van der Waals surface area contributed by atoms with Gasteiger partial charge >= 0.3 is 5.97 Å². The summed E-state index contributed by atoms with van der Waals surface area (Å²) in [5, 5.41) is 3.19. The number of methoxy groups -OCH3 is 1. The van der Waals surface area contributed by atoms with E-state index in [4.69, 9.17) is 9.47 Å². The lowest BCUT2D eigenvalue weighted by atomic mass is 10.0. The third kappa shape index (κ3) is 4.37. The summed E-state index contributed by atoms with van der Waals surface area (Å²) in [4.78, 5) is 11.9. The Hall–Kier alpha value is -1.55. The molecule has 2 unspecified atom stereocenters. The highest BCUT2D eigenvalue weighted by Crippen LogP contribution is 2.14. The predicted molar refractivity (Wildman–Crippen MR) is 71.5 cm³/mol. The summed E-state index contributed by atoms with van der Waals surface area (Å²) in [7, 11) is 1.63. The van der Waals surface area contributed by atoms with Crippen molar-refractivity contribution in [1.29, 1.82) is 0 Å². The van der Waals surface area contributed by atoms with E-state index in [1.165, 1.54) is 0 Å². The van der Waals surface area contributed by atoms with Crippen molar-refractivity contribution in [2.75, 3.05) is 25.6 Å². The quantitative estimate of drug-likeness (QED) is 0.755. The van der Waals surface area contributed by atoms with Crippen LogP contribution in [0.2, 0.25) is 0 Å². The average Bonchev–Trinajstić information content (AvgIpc) is 2.37. The van der Waals surface area contributed by atoms with E-state index in [9.17, 15) is 4.79 Å². The minimum absolute atomic E-state index is 0.0363. The van der Waals surface area contributed by atoms with Gasteiger partial charge in [-0.1, -0.05) is 25.1 Å². The van der Waals surface area contributed by atoms with E-state index in [1.54, 1.807) is 14.0 Å². The second-order valence-electron chi connectivity index (χ2n) is 4.17. The third-order valence-corrected chi connectivity index (χ3v) is 2.64. The first kappa shape index (κ1) is 14.5. The zero-order chi connectivity index (χ0) is 13.4. The maximum atomic E-state index is 11.9. The van der Waals surface area contributed by atoms with Gasteiger partial charge < -0.3 is 14.8 Å². The standard InChI is InChI=1S/C14H21NO3/c1-4-18-14(16)13(11(2)10-17-3)15-12-8-6-5-7-9-12/h5-9,11,13,15H,4,10H2,1-3H3. The third-order valence-electron chi connectivity index (χ3n) is 2.64. The van der Waals surface area contributed by atoms with Crippen LogP contribution in [0, 0.1) is 5.92 Å². The van der Waals surface area contributed by atoms with Crippen molar-refractivity contribution in [3.63, 3.8) is 0 Å². The van der Waals surface area contributed by atoms with Gasteiger partial charge in [-0.3, -0.25) is 0 Å². The molecule has 0 radical (unpaired) electrons. The molecule has 4 nitrogen and oxygen atoms in total. The van der Waals surface area contributed by atoms with Crippen molar-refractivity contribution >= 4 is 11.7 Å². The SMILES string of the molecule is CCOC(=O)C(Nc1ccccc1)C(C)COC. The molecule has 2 atom stereocenters. The number of esters is 1. The molecule has 1 N–H and O–H groups in total. The lowest BCUT2D eigenvalue weighted by Crippen LogP contribution is -2.39. The molecule has 0 aliphatic heterocycles. The highest BCUT2D eigenvalue weighted by molar-refractivity contribution is 5.79. The van der Waals surface area contributed by atoms with E-state index in [0.717, 1.165) is 5.69 Å². The fourth-order valence-electron chi connectivity index (χ4n) is 1.74. The summed E-state index contributed by atoms with van der Waals surface area (Å²) < 4.78 is 10.2. The molecule has 0 fully saturated rings. The smallest absolute Gasteiger partial charge is 0.328 e. The molecule has 1 aromatic rings. The van der Waals surface area contributed by atoms with E-state index < -0.39 is 6.04 Å². The number of hydrogen-bond donors (Lipinski definition) is 1. The highest BCUT2D eigenvalue weighted by atomic mass is 16.5. The highest BCUT2D eigenvalue weighted by Gasteiger charge is 2.26. The minimum atomic E-state index is -0.396. The fraction of sp³-hybridized carbons (Fsp3) is 0.500. The van der Waals surface area contributed by atoms with E-state index in [-0.39, 0.29) is 11.9 Å². The molecule has 18 heavy (non-hydrogen) atoms. The molecule has 1 rings (SSSR count). The number of carbonyl (C=O) groups excluding carboxylic acids is 1. The molecule has 0 saturated carbocycles. The normalized spacial score (nSPS) is 13.7. The molecule has 0 amide bonds. The van der Waals surface area contributed by atoms with Gasteiger partial charge in [-0.25, -0.2) is 4.79 Å². The van der Waals surface area contributed by atoms with Gasteiger partial charge in [0.1, 0.15) is 6.04 Å². The Morgan fingerprint density at radius 3 is 2.56 bits per heavy atom. The van der Waals surface area contributed by atoms with Gasteiger partial charge in [-0.2, -0.15) is 0 Å².